The minimum atomic E-state index is -0.523. The number of amides is 1. The van der Waals surface area contributed by atoms with Gasteiger partial charge in [-0.3, -0.25) is 14.9 Å². The van der Waals surface area contributed by atoms with Crippen LogP contribution in [0, 0.1) is 10.1 Å². The first-order chi connectivity index (χ1) is 13.1. The molecule has 1 amide bonds. The summed E-state index contributed by atoms with van der Waals surface area (Å²) in [7, 11) is 1.44. The van der Waals surface area contributed by atoms with Gasteiger partial charge in [0, 0.05) is 37.1 Å². The summed E-state index contributed by atoms with van der Waals surface area (Å²) in [6, 6.07) is 12.1. The number of carbonyl (C=O) groups is 1. The van der Waals surface area contributed by atoms with Gasteiger partial charge >= 0.3 is 0 Å². The van der Waals surface area contributed by atoms with Crippen molar-refractivity contribution in [3.63, 3.8) is 0 Å². The molecule has 7 heteroatoms. The van der Waals surface area contributed by atoms with E-state index in [1.807, 2.05) is 18.2 Å². The van der Waals surface area contributed by atoms with Crippen molar-refractivity contribution in [3.8, 4) is 5.75 Å². The van der Waals surface area contributed by atoms with Crippen molar-refractivity contribution in [2.45, 2.75) is 25.9 Å². The summed E-state index contributed by atoms with van der Waals surface area (Å²) in [5, 5.41) is 13.9. The molecule has 142 valence electrons. The number of methoxy groups -OCH3 is 1. The topological polar surface area (TPSA) is 85.9 Å². The monoisotopic (exact) mass is 370 g/mol. The molecule has 0 radical (unpaired) electrons. The van der Waals surface area contributed by atoms with Gasteiger partial charge < -0.3 is 15.0 Å². The van der Waals surface area contributed by atoms with Crippen LogP contribution in [0.25, 0.3) is 0 Å². The molecule has 2 aromatic rings. The van der Waals surface area contributed by atoms with Gasteiger partial charge in [0.1, 0.15) is 12.3 Å². The lowest BCUT2D eigenvalue weighted by molar-refractivity contribution is -0.901. The maximum absolute atomic E-state index is 12.6. The summed E-state index contributed by atoms with van der Waals surface area (Å²) < 4.78 is 5.18. The van der Waals surface area contributed by atoms with Crippen LogP contribution in [-0.2, 0) is 13.1 Å². The van der Waals surface area contributed by atoms with E-state index in [0.29, 0.717) is 12.3 Å². The van der Waals surface area contributed by atoms with E-state index < -0.39 is 4.92 Å². The number of quaternary nitrogens is 1. The van der Waals surface area contributed by atoms with Gasteiger partial charge in [0.25, 0.3) is 11.6 Å². The lowest BCUT2D eigenvalue weighted by Crippen LogP contribution is -3.08. The molecule has 0 saturated carbocycles. The molecule has 0 aromatic heterocycles. The normalized spacial score (nSPS) is 14.1. The Morgan fingerprint density at radius 2 is 1.89 bits per heavy atom. The highest BCUT2D eigenvalue weighted by molar-refractivity contribution is 5.97. The Hall–Kier alpha value is -2.93. The minimum Gasteiger partial charge on any atom is -0.496 e. The first-order valence-electron chi connectivity index (χ1n) is 9.09. The number of rotatable bonds is 7. The average Bonchev–Trinajstić information content (AvgIpc) is 3.19. The fourth-order valence-corrected chi connectivity index (χ4v) is 3.48. The molecule has 1 fully saturated rings. The van der Waals surface area contributed by atoms with Gasteiger partial charge in [0.2, 0.25) is 0 Å². The first kappa shape index (κ1) is 18.8. The maximum atomic E-state index is 12.6. The van der Waals surface area contributed by atoms with Crippen molar-refractivity contribution in [2.75, 3.05) is 20.2 Å². The van der Waals surface area contributed by atoms with E-state index in [1.165, 1.54) is 56.8 Å². The molecule has 0 aliphatic carbocycles. The zero-order chi connectivity index (χ0) is 19.2. The van der Waals surface area contributed by atoms with Crippen LogP contribution in [0.4, 0.5) is 5.69 Å². The standard InChI is InChI=1S/C20H23N3O4/c1-27-19-9-8-17(23(25)26)12-18(19)20(24)21-13-15-6-2-3-7-16(15)14-22-10-4-5-11-22/h2-3,6-9,12H,4-5,10-11,13-14H2,1H3,(H,21,24)/p+1. The highest BCUT2D eigenvalue weighted by Crippen LogP contribution is 2.24. The zero-order valence-electron chi connectivity index (χ0n) is 15.4. The minimum absolute atomic E-state index is 0.140. The molecule has 2 N–H and O–H groups in total. The Kier molecular flexibility index (Phi) is 6.03. The zero-order valence-corrected chi connectivity index (χ0v) is 15.4. The molecular weight excluding hydrogens is 346 g/mol. The van der Waals surface area contributed by atoms with E-state index in [0.717, 1.165) is 12.1 Å². The Morgan fingerprint density at radius 1 is 1.19 bits per heavy atom. The van der Waals surface area contributed by atoms with Crippen LogP contribution in [0.5, 0.6) is 5.75 Å². The van der Waals surface area contributed by atoms with Crippen LogP contribution in [0.15, 0.2) is 42.5 Å². The summed E-state index contributed by atoms with van der Waals surface area (Å²) in [4.78, 5) is 24.6. The number of nitro benzene ring substituents is 1. The van der Waals surface area contributed by atoms with Gasteiger partial charge in [0.05, 0.1) is 30.7 Å². The van der Waals surface area contributed by atoms with Crippen molar-refractivity contribution in [2.24, 2.45) is 0 Å². The van der Waals surface area contributed by atoms with Crippen LogP contribution in [0.1, 0.15) is 34.3 Å². The second-order valence-electron chi connectivity index (χ2n) is 6.73. The Balaban J connectivity index is 1.72. The van der Waals surface area contributed by atoms with E-state index in [9.17, 15) is 14.9 Å². The SMILES string of the molecule is COc1ccc([N+](=O)[O-])cc1C(=O)NCc1ccccc1C[NH+]1CCCC1. The van der Waals surface area contributed by atoms with E-state index in [-0.39, 0.29) is 17.2 Å². The van der Waals surface area contributed by atoms with Crippen molar-refractivity contribution < 1.29 is 19.4 Å². The number of hydrogen-bond donors (Lipinski definition) is 2. The lowest BCUT2D eigenvalue weighted by atomic mass is 10.1. The highest BCUT2D eigenvalue weighted by atomic mass is 16.6. The fourth-order valence-electron chi connectivity index (χ4n) is 3.48. The number of non-ortho nitro benzene ring substituents is 1. The second-order valence-corrected chi connectivity index (χ2v) is 6.73. The smallest absolute Gasteiger partial charge is 0.270 e. The molecule has 27 heavy (non-hydrogen) atoms. The number of nitrogens with zero attached hydrogens (tertiary/aromatic N) is 1. The predicted octanol–water partition coefficient (Wildman–Crippen LogP) is 1.71. The van der Waals surface area contributed by atoms with Crippen molar-refractivity contribution in [3.05, 3.63) is 69.3 Å². The van der Waals surface area contributed by atoms with Crippen LogP contribution in [0.2, 0.25) is 0 Å². The fraction of sp³-hybridized carbons (Fsp3) is 0.350. The van der Waals surface area contributed by atoms with E-state index in [1.54, 1.807) is 4.90 Å². The van der Waals surface area contributed by atoms with Gasteiger partial charge in [-0.25, -0.2) is 0 Å². The third-order valence-electron chi connectivity index (χ3n) is 4.95. The number of nitro groups is 1. The van der Waals surface area contributed by atoms with Gasteiger partial charge in [-0.05, 0) is 11.6 Å². The molecule has 0 unspecified atom stereocenters. The number of hydrogen-bond acceptors (Lipinski definition) is 4. The summed E-state index contributed by atoms with van der Waals surface area (Å²) in [6.07, 6.45) is 2.53. The average molecular weight is 370 g/mol. The van der Waals surface area contributed by atoms with Crippen LogP contribution in [-0.4, -0.2) is 31.0 Å². The highest BCUT2D eigenvalue weighted by Gasteiger charge is 2.19. The third-order valence-corrected chi connectivity index (χ3v) is 4.95. The molecule has 3 rings (SSSR count). The quantitative estimate of drug-likeness (QED) is 0.574. The first-order valence-corrected chi connectivity index (χ1v) is 9.09. The third kappa shape index (κ3) is 4.62. The molecule has 0 atom stereocenters. The second kappa shape index (κ2) is 8.64. The largest absolute Gasteiger partial charge is 0.496 e. The summed E-state index contributed by atoms with van der Waals surface area (Å²) >= 11 is 0. The predicted molar refractivity (Wildman–Crippen MR) is 101 cm³/mol. The Bertz CT molecular complexity index is 832. The lowest BCUT2D eigenvalue weighted by Gasteiger charge is -2.16. The van der Waals surface area contributed by atoms with Gasteiger partial charge in [-0.1, -0.05) is 24.3 Å². The van der Waals surface area contributed by atoms with E-state index in [2.05, 4.69) is 11.4 Å². The van der Waals surface area contributed by atoms with Gasteiger partial charge in [0.15, 0.2) is 0 Å². The number of likely N-dealkylation sites (tertiary alicyclic amines) is 1. The number of ether oxygens (including phenoxy) is 1. The van der Waals surface area contributed by atoms with Crippen molar-refractivity contribution >= 4 is 11.6 Å². The Morgan fingerprint density at radius 3 is 2.56 bits per heavy atom. The molecule has 7 nitrogen and oxygen atoms in total. The molecule has 1 aliphatic rings. The van der Waals surface area contributed by atoms with Gasteiger partial charge in [-0.15, -0.1) is 0 Å². The van der Waals surface area contributed by atoms with Crippen LogP contribution in [0.3, 0.4) is 0 Å². The van der Waals surface area contributed by atoms with E-state index >= 15 is 0 Å². The molecule has 0 spiro atoms. The van der Waals surface area contributed by atoms with Crippen molar-refractivity contribution in [1.29, 1.82) is 0 Å². The molecule has 1 aliphatic heterocycles. The molecular formula is C20H24N3O4+. The van der Waals surface area contributed by atoms with E-state index in [4.69, 9.17) is 4.74 Å². The number of carbonyl (C=O) groups excluding carboxylic acids is 1. The molecule has 2 aromatic carbocycles. The molecule has 1 saturated heterocycles. The summed E-state index contributed by atoms with van der Waals surface area (Å²) in [6.45, 7) is 3.69. The molecule has 1 heterocycles. The molecule has 0 bridgehead atoms. The summed E-state index contributed by atoms with van der Waals surface area (Å²) in [5.41, 5.74) is 2.31. The van der Waals surface area contributed by atoms with Crippen LogP contribution >= 0.6 is 0 Å². The number of nitrogens with one attached hydrogen (secondary N) is 2. The summed E-state index contributed by atoms with van der Waals surface area (Å²) in [5.74, 6) is -0.0771. The maximum Gasteiger partial charge on any atom is 0.270 e. The Labute approximate surface area is 158 Å². The van der Waals surface area contributed by atoms with Crippen LogP contribution < -0.4 is 15.0 Å². The van der Waals surface area contributed by atoms with Gasteiger partial charge in [-0.2, -0.15) is 0 Å². The van der Waals surface area contributed by atoms with Crippen molar-refractivity contribution in [1.82, 2.24) is 5.32 Å². The number of benzene rings is 2.